The quantitative estimate of drug-likeness (QED) is 0.866. The Morgan fingerprint density at radius 2 is 1.92 bits per heavy atom. The summed E-state index contributed by atoms with van der Waals surface area (Å²) >= 11 is 1.64. The number of amides is 2. The van der Waals surface area contributed by atoms with Crippen molar-refractivity contribution in [2.45, 2.75) is 31.6 Å². The Morgan fingerprint density at radius 1 is 1.15 bits per heavy atom. The highest BCUT2D eigenvalue weighted by atomic mass is 32.2. The molecule has 0 spiro atoms. The first-order valence-electron chi connectivity index (χ1n) is 9.03. The molecule has 26 heavy (non-hydrogen) atoms. The minimum absolute atomic E-state index is 0.0271. The summed E-state index contributed by atoms with van der Waals surface area (Å²) in [7, 11) is 0. The van der Waals surface area contributed by atoms with E-state index in [1.54, 1.807) is 11.8 Å². The first kappa shape index (κ1) is 17.2. The van der Waals surface area contributed by atoms with Gasteiger partial charge in [0.05, 0.1) is 5.75 Å². The van der Waals surface area contributed by atoms with E-state index in [1.807, 2.05) is 60.4 Å². The first-order chi connectivity index (χ1) is 12.6. The predicted octanol–water partition coefficient (Wildman–Crippen LogP) is 4.51. The third kappa shape index (κ3) is 3.36. The van der Waals surface area contributed by atoms with Crippen molar-refractivity contribution in [3.63, 3.8) is 0 Å². The lowest BCUT2D eigenvalue weighted by Crippen LogP contribution is -2.28. The van der Waals surface area contributed by atoms with E-state index in [2.05, 4.69) is 5.32 Å². The maximum absolute atomic E-state index is 12.4. The van der Waals surface area contributed by atoms with Crippen molar-refractivity contribution in [1.29, 1.82) is 0 Å². The van der Waals surface area contributed by atoms with Crippen LogP contribution in [0.25, 0.3) is 0 Å². The van der Waals surface area contributed by atoms with Crippen LogP contribution >= 0.6 is 11.8 Å². The SMILES string of the molecule is Cc1cccc(N2C(=O)CS[C@@H]2c2ccc(NC(=O)C3CCC3)cc2)c1. The number of thioether (sulfide) groups is 1. The molecule has 1 aliphatic carbocycles. The second-order valence-electron chi connectivity index (χ2n) is 7.01. The van der Waals surface area contributed by atoms with Gasteiger partial charge in [0.2, 0.25) is 11.8 Å². The molecule has 1 heterocycles. The molecule has 1 aliphatic heterocycles. The third-order valence-corrected chi connectivity index (χ3v) is 6.30. The van der Waals surface area contributed by atoms with E-state index < -0.39 is 0 Å². The highest BCUT2D eigenvalue weighted by molar-refractivity contribution is 8.00. The fourth-order valence-corrected chi connectivity index (χ4v) is 4.55. The van der Waals surface area contributed by atoms with E-state index in [-0.39, 0.29) is 23.1 Å². The van der Waals surface area contributed by atoms with Gasteiger partial charge >= 0.3 is 0 Å². The van der Waals surface area contributed by atoms with Crippen molar-refractivity contribution >= 4 is 35.0 Å². The van der Waals surface area contributed by atoms with Gasteiger partial charge in [0.15, 0.2) is 0 Å². The van der Waals surface area contributed by atoms with Gasteiger partial charge in [-0.3, -0.25) is 14.5 Å². The number of nitrogens with one attached hydrogen (secondary N) is 1. The number of aryl methyl sites for hydroxylation is 1. The molecule has 0 aromatic heterocycles. The fourth-order valence-electron chi connectivity index (χ4n) is 3.37. The van der Waals surface area contributed by atoms with Crippen LogP contribution in [0.4, 0.5) is 11.4 Å². The monoisotopic (exact) mass is 366 g/mol. The lowest BCUT2D eigenvalue weighted by atomic mass is 9.85. The van der Waals surface area contributed by atoms with Crippen LogP contribution in [-0.4, -0.2) is 17.6 Å². The molecule has 2 fully saturated rings. The normalized spacial score (nSPS) is 20.1. The fraction of sp³-hybridized carbons (Fsp3) is 0.333. The van der Waals surface area contributed by atoms with Crippen LogP contribution in [0, 0.1) is 12.8 Å². The summed E-state index contributed by atoms with van der Waals surface area (Å²) in [6.45, 7) is 2.03. The van der Waals surface area contributed by atoms with Crippen molar-refractivity contribution in [1.82, 2.24) is 0 Å². The van der Waals surface area contributed by atoms with Crippen molar-refractivity contribution < 1.29 is 9.59 Å². The van der Waals surface area contributed by atoms with E-state index in [0.717, 1.165) is 41.8 Å². The number of carbonyl (C=O) groups is 2. The predicted molar refractivity (Wildman–Crippen MR) is 106 cm³/mol. The van der Waals surface area contributed by atoms with Crippen molar-refractivity contribution in [3.05, 3.63) is 59.7 Å². The molecule has 2 aromatic rings. The molecular weight excluding hydrogens is 344 g/mol. The van der Waals surface area contributed by atoms with Crippen molar-refractivity contribution in [2.75, 3.05) is 16.0 Å². The summed E-state index contributed by atoms with van der Waals surface area (Å²) in [6.07, 6.45) is 3.14. The molecule has 0 unspecified atom stereocenters. The first-order valence-corrected chi connectivity index (χ1v) is 10.1. The molecular formula is C21H22N2O2S. The molecule has 0 radical (unpaired) electrons. The molecule has 2 aliphatic rings. The molecule has 2 amide bonds. The molecule has 1 saturated heterocycles. The Bertz CT molecular complexity index is 830. The zero-order chi connectivity index (χ0) is 18.1. The summed E-state index contributed by atoms with van der Waals surface area (Å²) in [4.78, 5) is 26.4. The highest BCUT2D eigenvalue weighted by Gasteiger charge is 2.34. The highest BCUT2D eigenvalue weighted by Crippen LogP contribution is 2.42. The lowest BCUT2D eigenvalue weighted by Gasteiger charge is -2.25. The van der Waals surface area contributed by atoms with Gasteiger partial charge in [-0.1, -0.05) is 30.7 Å². The topological polar surface area (TPSA) is 49.4 Å². The molecule has 1 saturated carbocycles. The zero-order valence-electron chi connectivity index (χ0n) is 14.8. The largest absolute Gasteiger partial charge is 0.326 e. The number of rotatable bonds is 4. The second-order valence-corrected chi connectivity index (χ2v) is 8.07. The number of carbonyl (C=O) groups excluding carboxylic acids is 2. The summed E-state index contributed by atoms with van der Waals surface area (Å²) in [5.41, 5.74) is 3.97. The molecule has 4 rings (SSSR count). The van der Waals surface area contributed by atoms with Crippen molar-refractivity contribution in [2.24, 2.45) is 5.92 Å². The van der Waals surface area contributed by atoms with Gasteiger partial charge in [0.1, 0.15) is 5.37 Å². The van der Waals surface area contributed by atoms with Crippen LogP contribution in [0.1, 0.15) is 35.8 Å². The van der Waals surface area contributed by atoms with Gasteiger partial charge in [0, 0.05) is 17.3 Å². The lowest BCUT2D eigenvalue weighted by molar-refractivity contribution is -0.122. The van der Waals surface area contributed by atoms with Gasteiger partial charge in [-0.05, 0) is 55.2 Å². The average molecular weight is 366 g/mol. The van der Waals surface area contributed by atoms with Gasteiger partial charge in [-0.15, -0.1) is 11.8 Å². The van der Waals surface area contributed by atoms with Crippen molar-refractivity contribution in [3.8, 4) is 0 Å². The van der Waals surface area contributed by atoms with Gasteiger partial charge < -0.3 is 5.32 Å². The molecule has 2 aromatic carbocycles. The molecule has 5 heteroatoms. The maximum Gasteiger partial charge on any atom is 0.238 e. The number of benzene rings is 2. The van der Waals surface area contributed by atoms with Crippen LogP contribution < -0.4 is 10.2 Å². The Labute approximate surface area is 158 Å². The molecule has 1 N–H and O–H groups in total. The maximum atomic E-state index is 12.4. The molecule has 134 valence electrons. The Balaban J connectivity index is 1.52. The smallest absolute Gasteiger partial charge is 0.238 e. The van der Waals surface area contributed by atoms with Gasteiger partial charge in [-0.25, -0.2) is 0 Å². The Morgan fingerprint density at radius 3 is 2.58 bits per heavy atom. The van der Waals surface area contributed by atoms with Crippen LogP contribution in [0.3, 0.4) is 0 Å². The third-order valence-electron chi connectivity index (χ3n) is 5.09. The van der Waals surface area contributed by atoms with E-state index >= 15 is 0 Å². The number of hydrogen-bond acceptors (Lipinski definition) is 3. The summed E-state index contributed by atoms with van der Waals surface area (Å²) in [5, 5.41) is 2.97. The summed E-state index contributed by atoms with van der Waals surface area (Å²) < 4.78 is 0. The number of hydrogen-bond donors (Lipinski definition) is 1. The minimum Gasteiger partial charge on any atom is -0.326 e. The minimum atomic E-state index is -0.0271. The Kier molecular flexibility index (Phi) is 4.72. The van der Waals surface area contributed by atoms with E-state index in [4.69, 9.17) is 0 Å². The van der Waals surface area contributed by atoms with E-state index in [1.165, 1.54) is 0 Å². The molecule has 1 atom stereocenters. The van der Waals surface area contributed by atoms with Crippen LogP contribution in [-0.2, 0) is 9.59 Å². The van der Waals surface area contributed by atoms with Crippen LogP contribution in [0.5, 0.6) is 0 Å². The van der Waals surface area contributed by atoms with E-state index in [9.17, 15) is 9.59 Å². The average Bonchev–Trinajstić information content (AvgIpc) is 2.95. The van der Waals surface area contributed by atoms with Crippen LogP contribution in [0.15, 0.2) is 48.5 Å². The van der Waals surface area contributed by atoms with Gasteiger partial charge in [0.25, 0.3) is 0 Å². The second kappa shape index (κ2) is 7.16. The summed E-state index contributed by atoms with van der Waals surface area (Å²) in [5.74, 6) is 0.914. The van der Waals surface area contributed by atoms with Crippen LogP contribution in [0.2, 0.25) is 0 Å². The number of anilines is 2. The Hall–Kier alpha value is -2.27. The van der Waals surface area contributed by atoms with Gasteiger partial charge in [-0.2, -0.15) is 0 Å². The number of nitrogens with zero attached hydrogens (tertiary/aromatic N) is 1. The zero-order valence-corrected chi connectivity index (χ0v) is 15.6. The standard InChI is InChI=1S/C21H22N2O2S/c1-14-4-2-7-18(12-14)23-19(24)13-26-21(23)16-8-10-17(11-9-16)22-20(25)15-5-3-6-15/h2,4,7-12,15,21H,3,5-6,13H2,1H3,(H,22,25)/t21-/m1/s1. The molecule has 0 bridgehead atoms. The van der Waals surface area contributed by atoms with E-state index in [0.29, 0.717) is 5.75 Å². The summed E-state index contributed by atoms with van der Waals surface area (Å²) in [6, 6.07) is 15.9. The molecule has 4 nitrogen and oxygen atoms in total.